The first-order valence-electron chi connectivity index (χ1n) is 11.6. The zero-order valence-electron chi connectivity index (χ0n) is 19.2. The fraction of sp³-hybridized carbons (Fsp3) is 0.667. The lowest BCUT2D eigenvalue weighted by Crippen LogP contribution is -2.55. The van der Waals surface area contributed by atoms with Crippen LogP contribution >= 0.6 is 0 Å². The van der Waals surface area contributed by atoms with Gasteiger partial charge in [-0.2, -0.15) is 0 Å². The molecule has 0 unspecified atom stereocenters. The Morgan fingerprint density at radius 2 is 1.87 bits per heavy atom. The maximum Gasteiger partial charge on any atom is 0.245 e. The number of likely N-dealkylation sites (tertiary alicyclic amines) is 1. The number of nitrogens with one attached hydrogen (secondary N) is 1. The van der Waals surface area contributed by atoms with Gasteiger partial charge in [-0.05, 0) is 50.8 Å². The van der Waals surface area contributed by atoms with Crippen molar-refractivity contribution in [3.63, 3.8) is 0 Å². The molecule has 1 atom stereocenters. The molecule has 2 saturated heterocycles. The van der Waals surface area contributed by atoms with E-state index in [1.165, 1.54) is 6.07 Å². The summed E-state index contributed by atoms with van der Waals surface area (Å²) in [6.45, 7) is 11.6. The maximum atomic E-state index is 14.0. The van der Waals surface area contributed by atoms with E-state index < -0.39 is 5.54 Å². The molecule has 0 bridgehead atoms. The van der Waals surface area contributed by atoms with Gasteiger partial charge in [0.05, 0.1) is 5.69 Å². The largest absolute Gasteiger partial charge is 0.367 e. The minimum absolute atomic E-state index is 0.0301. The van der Waals surface area contributed by atoms with Gasteiger partial charge in [-0.1, -0.05) is 26.0 Å². The van der Waals surface area contributed by atoms with Crippen LogP contribution in [0.25, 0.3) is 0 Å². The van der Waals surface area contributed by atoms with E-state index in [0.29, 0.717) is 37.5 Å². The molecule has 1 aromatic rings. The Morgan fingerprint density at radius 1 is 1.16 bits per heavy atom. The number of nitrogens with zero attached hydrogens (tertiary/aromatic N) is 3. The van der Waals surface area contributed by atoms with Crippen LogP contribution in [0.3, 0.4) is 0 Å². The molecule has 1 aromatic carbocycles. The van der Waals surface area contributed by atoms with E-state index in [1.54, 1.807) is 11.0 Å². The first-order valence-corrected chi connectivity index (χ1v) is 11.6. The number of para-hydroxylation sites is 1. The van der Waals surface area contributed by atoms with Crippen molar-refractivity contribution >= 4 is 17.5 Å². The van der Waals surface area contributed by atoms with E-state index in [2.05, 4.69) is 29.0 Å². The van der Waals surface area contributed by atoms with Gasteiger partial charge in [-0.3, -0.25) is 14.5 Å². The predicted molar refractivity (Wildman–Crippen MR) is 121 cm³/mol. The summed E-state index contributed by atoms with van der Waals surface area (Å²) in [5.74, 6) is 0.408. The smallest absolute Gasteiger partial charge is 0.245 e. The molecule has 2 fully saturated rings. The van der Waals surface area contributed by atoms with Crippen molar-refractivity contribution in [2.45, 2.75) is 52.0 Å². The highest BCUT2D eigenvalue weighted by molar-refractivity contribution is 5.94. The summed E-state index contributed by atoms with van der Waals surface area (Å²) in [6.07, 6.45) is 2.80. The van der Waals surface area contributed by atoms with Crippen molar-refractivity contribution in [2.24, 2.45) is 5.92 Å². The molecule has 2 aliphatic heterocycles. The Labute approximate surface area is 185 Å². The molecule has 6 nitrogen and oxygen atoms in total. The molecule has 0 aliphatic carbocycles. The van der Waals surface area contributed by atoms with Gasteiger partial charge in [0.15, 0.2) is 0 Å². The standard InChI is InChI=1S/C24H37FN4O2/c1-19(2)10-12-26-23(31)24(3)11-9-22(30)29(24)14-6-13-27-15-17-28(18-16-27)21-8-5-4-7-20(21)25/h4-5,7-8,19H,6,9-18H2,1-3H3,(H,26,31)/t24-/m1/s1. The Kier molecular flexibility index (Phi) is 7.92. The summed E-state index contributed by atoms with van der Waals surface area (Å²) in [5, 5.41) is 3.03. The summed E-state index contributed by atoms with van der Waals surface area (Å²) in [5.41, 5.74) is -0.0681. The molecule has 0 spiro atoms. The number of halogens is 1. The van der Waals surface area contributed by atoms with E-state index in [-0.39, 0.29) is 17.6 Å². The van der Waals surface area contributed by atoms with E-state index in [1.807, 2.05) is 19.1 Å². The van der Waals surface area contributed by atoms with Crippen molar-refractivity contribution < 1.29 is 14.0 Å². The second-order valence-electron chi connectivity index (χ2n) is 9.39. The van der Waals surface area contributed by atoms with Crippen LogP contribution in [0.15, 0.2) is 24.3 Å². The van der Waals surface area contributed by atoms with E-state index in [0.717, 1.165) is 45.6 Å². The minimum atomic E-state index is -0.738. The molecule has 7 heteroatoms. The molecule has 0 saturated carbocycles. The zero-order chi connectivity index (χ0) is 22.4. The number of hydrogen-bond donors (Lipinski definition) is 1. The van der Waals surface area contributed by atoms with Gasteiger partial charge in [-0.15, -0.1) is 0 Å². The van der Waals surface area contributed by atoms with Gasteiger partial charge in [0.25, 0.3) is 0 Å². The van der Waals surface area contributed by atoms with E-state index >= 15 is 0 Å². The SMILES string of the molecule is CC(C)CCNC(=O)[C@@]1(C)CCC(=O)N1CCCN1CCN(c2ccccc2F)CC1. The average Bonchev–Trinajstić information content (AvgIpc) is 3.04. The van der Waals surface area contributed by atoms with Gasteiger partial charge in [0.2, 0.25) is 11.8 Å². The fourth-order valence-corrected chi connectivity index (χ4v) is 4.54. The molecule has 3 rings (SSSR count). The first kappa shape index (κ1) is 23.5. The second kappa shape index (κ2) is 10.4. The molecule has 2 amide bonds. The first-order chi connectivity index (χ1) is 14.8. The van der Waals surface area contributed by atoms with E-state index in [9.17, 15) is 14.0 Å². The van der Waals surface area contributed by atoms with Crippen LogP contribution < -0.4 is 10.2 Å². The van der Waals surface area contributed by atoms with Gasteiger partial charge in [0, 0.05) is 45.7 Å². The summed E-state index contributed by atoms with van der Waals surface area (Å²) in [6, 6.07) is 6.92. The third-order valence-corrected chi connectivity index (χ3v) is 6.64. The topological polar surface area (TPSA) is 55.9 Å². The highest BCUT2D eigenvalue weighted by atomic mass is 19.1. The number of carbonyl (C=O) groups is 2. The Morgan fingerprint density at radius 3 is 2.55 bits per heavy atom. The molecule has 0 aromatic heterocycles. The third-order valence-electron chi connectivity index (χ3n) is 6.64. The molecule has 172 valence electrons. The number of rotatable bonds is 9. The average molecular weight is 433 g/mol. The zero-order valence-corrected chi connectivity index (χ0v) is 19.2. The minimum Gasteiger partial charge on any atom is -0.367 e. The number of hydrogen-bond acceptors (Lipinski definition) is 4. The van der Waals surface area contributed by atoms with E-state index in [4.69, 9.17) is 0 Å². The molecule has 31 heavy (non-hydrogen) atoms. The van der Waals surface area contributed by atoms with Gasteiger partial charge in [0.1, 0.15) is 11.4 Å². The number of benzene rings is 1. The van der Waals surface area contributed by atoms with Crippen LogP contribution in [-0.2, 0) is 9.59 Å². The van der Waals surface area contributed by atoms with Crippen molar-refractivity contribution in [1.29, 1.82) is 0 Å². The van der Waals surface area contributed by atoms with Gasteiger partial charge < -0.3 is 15.1 Å². The summed E-state index contributed by atoms with van der Waals surface area (Å²) in [4.78, 5) is 31.5. The molecular weight excluding hydrogens is 395 g/mol. The Hall–Kier alpha value is -2.15. The van der Waals surface area contributed by atoms with Crippen LogP contribution in [0.2, 0.25) is 0 Å². The highest BCUT2D eigenvalue weighted by Crippen LogP contribution is 2.30. The van der Waals surface area contributed by atoms with Gasteiger partial charge in [-0.25, -0.2) is 4.39 Å². The molecule has 1 N–H and O–H groups in total. The second-order valence-corrected chi connectivity index (χ2v) is 9.39. The van der Waals surface area contributed by atoms with Crippen LogP contribution in [0, 0.1) is 11.7 Å². The van der Waals surface area contributed by atoms with Crippen molar-refractivity contribution in [1.82, 2.24) is 15.1 Å². The fourth-order valence-electron chi connectivity index (χ4n) is 4.54. The van der Waals surface area contributed by atoms with Crippen LogP contribution in [0.4, 0.5) is 10.1 Å². The third kappa shape index (κ3) is 5.76. The van der Waals surface area contributed by atoms with Crippen molar-refractivity contribution in [2.75, 3.05) is 50.7 Å². The number of carbonyl (C=O) groups excluding carboxylic acids is 2. The normalized spacial score (nSPS) is 22.4. The number of piperazine rings is 1. The predicted octanol–water partition coefficient (Wildman–Crippen LogP) is 2.88. The Bertz CT molecular complexity index is 764. The molecular formula is C24H37FN4O2. The quantitative estimate of drug-likeness (QED) is 0.652. The lowest BCUT2D eigenvalue weighted by molar-refractivity contribution is -0.140. The monoisotopic (exact) mass is 432 g/mol. The van der Waals surface area contributed by atoms with Gasteiger partial charge >= 0.3 is 0 Å². The Balaban J connectivity index is 1.45. The van der Waals surface area contributed by atoms with Crippen LogP contribution in [0.1, 0.15) is 46.5 Å². The molecule has 2 aliphatic rings. The molecule has 0 radical (unpaired) electrons. The summed E-state index contributed by atoms with van der Waals surface area (Å²) >= 11 is 0. The van der Waals surface area contributed by atoms with Crippen molar-refractivity contribution in [3.05, 3.63) is 30.1 Å². The highest BCUT2D eigenvalue weighted by Gasteiger charge is 2.46. The summed E-state index contributed by atoms with van der Waals surface area (Å²) < 4.78 is 14.0. The summed E-state index contributed by atoms with van der Waals surface area (Å²) in [7, 11) is 0. The van der Waals surface area contributed by atoms with Crippen LogP contribution in [-0.4, -0.2) is 73.0 Å². The number of amides is 2. The maximum absolute atomic E-state index is 14.0. The molecule has 2 heterocycles. The lowest BCUT2D eigenvalue weighted by Gasteiger charge is -2.37. The number of anilines is 1. The van der Waals surface area contributed by atoms with Crippen molar-refractivity contribution in [3.8, 4) is 0 Å². The van der Waals surface area contributed by atoms with Crippen LogP contribution in [0.5, 0.6) is 0 Å². The lowest BCUT2D eigenvalue weighted by atomic mass is 9.97.